The Hall–Kier alpha value is -3.66. The van der Waals surface area contributed by atoms with Crippen molar-refractivity contribution in [1.29, 1.82) is 0 Å². The molecule has 0 radical (unpaired) electrons. The highest BCUT2D eigenvalue weighted by Gasteiger charge is 2.41. The van der Waals surface area contributed by atoms with Gasteiger partial charge in [-0.15, -0.1) is 0 Å². The Kier molecular flexibility index (Phi) is 6.69. The summed E-state index contributed by atoms with van der Waals surface area (Å²) in [7, 11) is 1.24. The number of Topliss-reactive ketones (excluding diaryl/α,β-unsaturated/α-hetero) is 1. The number of hydrogen-bond acceptors (Lipinski definition) is 8. The van der Waals surface area contributed by atoms with E-state index in [0.29, 0.717) is 51.9 Å². The molecule has 0 amide bonds. The monoisotopic (exact) mass is 528 g/mol. The van der Waals surface area contributed by atoms with E-state index in [4.69, 9.17) is 19.9 Å². The van der Waals surface area contributed by atoms with Crippen LogP contribution in [0.15, 0.2) is 69.7 Å². The first kappa shape index (κ1) is 23.5. The van der Waals surface area contributed by atoms with E-state index in [9.17, 15) is 19.7 Å². The van der Waals surface area contributed by atoms with E-state index < -0.39 is 16.8 Å². The van der Waals surface area contributed by atoms with Crippen molar-refractivity contribution in [2.24, 2.45) is 5.73 Å². The van der Waals surface area contributed by atoms with Gasteiger partial charge in [0.05, 0.1) is 22.4 Å². The van der Waals surface area contributed by atoms with Crippen LogP contribution in [0.4, 0.5) is 5.69 Å². The smallest absolute Gasteiger partial charge is 0.340 e. The number of nitrogens with zero attached hydrogens (tertiary/aromatic N) is 1. The summed E-state index contributed by atoms with van der Waals surface area (Å²) in [5.74, 6) is -0.605. The topological polar surface area (TPSA) is 131 Å². The maximum atomic E-state index is 12.8. The van der Waals surface area contributed by atoms with Crippen molar-refractivity contribution >= 4 is 33.4 Å². The molecule has 0 unspecified atom stereocenters. The predicted octanol–water partition coefficient (Wildman–Crippen LogP) is 4.40. The van der Waals surface area contributed by atoms with Gasteiger partial charge in [-0.3, -0.25) is 14.9 Å². The summed E-state index contributed by atoms with van der Waals surface area (Å²) in [5.41, 5.74) is 7.83. The standard InChI is InChI=1S/C24H21BrN2O7/c1-32-24(29)22-20(21-17(28)6-3-7-19(21)34-23(22)26)14-8-9-18(16(25)11-14)33-12-13-4-2-5-15(10-13)27(30)31/h2,4-5,8-11,20H,3,6-7,12,26H2,1H3/t20-/m0/s1. The second-order valence-corrected chi connectivity index (χ2v) is 8.68. The average molecular weight is 529 g/mol. The van der Waals surface area contributed by atoms with Crippen LogP contribution in [0.2, 0.25) is 0 Å². The van der Waals surface area contributed by atoms with E-state index in [-0.39, 0.29) is 29.5 Å². The molecule has 10 heteroatoms. The number of nitro groups is 1. The summed E-state index contributed by atoms with van der Waals surface area (Å²) in [4.78, 5) is 35.9. The van der Waals surface area contributed by atoms with Gasteiger partial charge in [-0.25, -0.2) is 4.79 Å². The second-order valence-electron chi connectivity index (χ2n) is 7.82. The fraction of sp³-hybridized carbons (Fsp3) is 0.250. The maximum Gasteiger partial charge on any atom is 0.340 e. The normalized spacial score (nSPS) is 17.7. The van der Waals surface area contributed by atoms with Crippen molar-refractivity contribution in [2.45, 2.75) is 31.8 Å². The molecule has 0 fully saturated rings. The first-order chi connectivity index (χ1) is 16.3. The van der Waals surface area contributed by atoms with Crippen molar-refractivity contribution in [3.05, 3.63) is 91.0 Å². The molecule has 1 atom stereocenters. The number of methoxy groups -OCH3 is 1. The van der Waals surface area contributed by atoms with Crippen LogP contribution in [0.25, 0.3) is 0 Å². The maximum absolute atomic E-state index is 12.8. The number of allylic oxidation sites excluding steroid dienone is 2. The number of nitrogens with two attached hydrogens (primary N) is 1. The van der Waals surface area contributed by atoms with Gasteiger partial charge in [0.15, 0.2) is 5.78 Å². The number of halogens is 1. The highest BCUT2D eigenvalue weighted by Crippen LogP contribution is 2.45. The Balaban J connectivity index is 1.65. The van der Waals surface area contributed by atoms with Crippen LogP contribution in [-0.4, -0.2) is 23.8 Å². The van der Waals surface area contributed by atoms with Crippen LogP contribution in [0.3, 0.4) is 0 Å². The van der Waals surface area contributed by atoms with E-state index in [1.165, 1.54) is 19.2 Å². The summed E-state index contributed by atoms with van der Waals surface area (Å²) in [6, 6.07) is 11.4. The van der Waals surface area contributed by atoms with Gasteiger partial charge in [0.25, 0.3) is 5.69 Å². The molecule has 0 aromatic heterocycles. The van der Waals surface area contributed by atoms with Gasteiger partial charge in [-0.05, 0) is 45.6 Å². The summed E-state index contributed by atoms with van der Waals surface area (Å²) in [6.07, 6.45) is 1.57. The third-order valence-corrected chi connectivity index (χ3v) is 6.31. The number of rotatable bonds is 6. The summed E-state index contributed by atoms with van der Waals surface area (Å²) in [6.45, 7) is 0.116. The quantitative estimate of drug-likeness (QED) is 0.331. The average Bonchev–Trinajstić information content (AvgIpc) is 2.82. The predicted molar refractivity (Wildman–Crippen MR) is 125 cm³/mol. The number of carbonyl (C=O) groups excluding carboxylic acids is 2. The lowest BCUT2D eigenvalue weighted by Gasteiger charge is -2.32. The molecule has 2 aliphatic rings. The Morgan fingerprint density at radius 3 is 2.76 bits per heavy atom. The number of benzene rings is 2. The molecule has 0 saturated heterocycles. The molecular weight excluding hydrogens is 508 g/mol. The molecule has 0 bridgehead atoms. The molecule has 1 aliphatic carbocycles. The third-order valence-electron chi connectivity index (χ3n) is 5.69. The molecule has 0 spiro atoms. The van der Waals surface area contributed by atoms with Gasteiger partial charge < -0.3 is 19.9 Å². The molecule has 2 aromatic rings. The van der Waals surface area contributed by atoms with Crippen molar-refractivity contribution in [1.82, 2.24) is 0 Å². The number of ether oxygens (including phenoxy) is 3. The number of non-ortho nitro benzene ring substituents is 1. The molecule has 2 aromatic carbocycles. The highest BCUT2D eigenvalue weighted by molar-refractivity contribution is 9.10. The van der Waals surface area contributed by atoms with E-state index >= 15 is 0 Å². The van der Waals surface area contributed by atoms with Gasteiger partial charge in [0.1, 0.15) is 23.7 Å². The minimum absolute atomic E-state index is 0.0176. The number of esters is 1. The fourth-order valence-electron chi connectivity index (χ4n) is 4.13. The zero-order valence-electron chi connectivity index (χ0n) is 18.2. The van der Waals surface area contributed by atoms with Gasteiger partial charge in [0.2, 0.25) is 5.88 Å². The molecule has 9 nitrogen and oxygen atoms in total. The molecule has 4 rings (SSSR count). The van der Waals surface area contributed by atoms with Crippen LogP contribution in [0.1, 0.15) is 36.3 Å². The molecule has 1 heterocycles. The highest BCUT2D eigenvalue weighted by atomic mass is 79.9. The van der Waals surface area contributed by atoms with Crippen molar-refractivity contribution in [2.75, 3.05) is 7.11 Å². The number of carbonyl (C=O) groups is 2. The lowest BCUT2D eigenvalue weighted by Crippen LogP contribution is -2.31. The molecular formula is C24H21BrN2O7. The van der Waals surface area contributed by atoms with Crippen molar-refractivity contribution in [3.8, 4) is 5.75 Å². The Labute approximate surface area is 203 Å². The molecule has 34 heavy (non-hydrogen) atoms. The van der Waals surface area contributed by atoms with Crippen LogP contribution in [0.5, 0.6) is 5.75 Å². The number of hydrogen-bond donors (Lipinski definition) is 1. The molecule has 2 N–H and O–H groups in total. The summed E-state index contributed by atoms with van der Waals surface area (Å²) >= 11 is 3.49. The van der Waals surface area contributed by atoms with Crippen LogP contribution < -0.4 is 10.5 Å². The van der Waals surface area contributed by atoms with Gasteiger partial charge >= 0.3 is 5.97 Å². The van der Waals surface area contributed by atoms with E-state index in [0.717, 1.165) is 0 Å². The van der Waals surface area contributed by atoms with Crippen LogP contribution in [-0.2, 0) is 25.7 Å². The second kappa shape index (κ2) is 9.68. The van der Waals surface area contributed by atoms with Crippen LogP contribution in [0, 0.1) is 10.1 Å². The summed E-state index contributed by atoms with van der Waals surface area (Å²) in [5, 5.41) is 11.0. The van der Waals surface area contributed by atoms with Gasteiger partial charge in [-0.2, -0.15) is 0 Å². The zero-order valence-corrected chi connectivity index (χ0v) is 19.8. The Bertz CT molecular complexity index is 1250. The van der Waals surface area contributed by atoms with E-state index in [1.54, 1.807) is 30.3 Å². The van der Waals surface area contributed by atoms with Crippen molar-refractivity contribution < 1.29 is 28.7 Å². The molecule has 1 aliphatic heterocycles. The Morgan fingerprint density at radius 1 is 1.26 bits per heavy atom. The van der Waals surface area contributed by atoms with Crippen LogP contribution >= 0.6 is 15.9 Å². The zero-order chi connectivity index (χ0) is 24.4. The number of nitro benzene ring substituents is 1. The van der Waals surface area contributed by atoms with E-state index in [1.807, 2.05) is 0 Å². The van der Waals surface area contributed by atoms with Gasteiger partial charge in [-0.1, -0.05) is 18.2 Å². The largest absolute Gasteiger partial charge is 0.488 e. The SMILES string of the molecule is COC(=O)C1=C(N)OC2=C(C(=O)CCC2)[C@@H]1c1ccc(OCc2cccc([N+](=O)[O-])c2)c(Br)c1. The van der Waals surface area contributed by atoms with E-state index in [2.05, 4.69) is 15.9 Å². The van der Waals surface area contributed by atoms with Crippen molar-refractivity contribution in [3.63, 3.8) is 0 Å². The fourth-order valence-corrected chi connectivity index (χ4v) is 4.64. The lowest BCUT2D eigenvalue weighted by atomic mass is 9.77. The number of ketones is 1. The lowest BCUT2D eigenvalue weighted by molar-refractivity contribution is -0.384. The first-order valence-electron chi connectivity index (χ1n) is 10.5. The third kappa shape index (κ3) is 4.54. The molecule has 0 saturated carbocycles. The molecule has 176 valence electrons. The minimum Gasteiger partial charge on any atom is -0.488 e. The first-order valence-corrected chi connectivity index (χ1v) is 11.3. The van der Waals surface area contributed by atoms with Gasteiger partial charge in [0, 0.05) is 30.5 Å². The Morgan fingerprint density at radius 2 is 2.06 bits per heavy atom. The summed E-state index contributed by atoms with van der Waals surface area (Å²) < 4.78 is 17.0. The minimum atomic E-state index is -0.730.